The van der Waals surface area contributed by atoms with Crippen molar-refractivity contribution >= 4 is 11.6 Å². The second kappa shape index (κ2) is 5.70. The summed E-state index contributed by atoms with van der Waals surface area (Å²) in [6, 6.07) is 10.0. The van der Waals surface area contributed by atoms with Crippen molar-refractivity contribution in [3.8, 4) is 0 Å². The summed E-state index contributed by atoms with van der Waals surface area (Å²) in [5, 5.41) is 0.365. The molecule has 0 radical (unpaired) electrons. The molecule has 0 heterocycles. The van der Waals surface area contributed by atoms with Gasteiger partial charge < -0.3 is 0 Å². The van der Waals surface area contributed by atoms with Gasteiger partial charge in [-0.2, -0.15) is 0 Å². The van der Waals surface area contributed by atoms with Gasteiger partial charge in [0.2, 0.25) is 0 Å². The molecule has 0 saturated heterocycles. The molecule has 0 fully saturated rings. The van der Waals surface area contributed by atoms with Crippen LogP contribution in [0.4, 0.5) is 4.39 Å². The van der Waals surface area contributed by atoms with Gasteiger partial charge in [-0.05, 0) is 42.7 Å². The van der Waals surface area contributed by atoms with Gasteiger partial charge in [-0.25, -0.2) is 9.82 Å². The summed E-state index contributed by atoms with van der Waals surface area (Å²) in [6.45, 7) is 4.00. The topological polar surface area (TPSA) is 38.0 Å². The molecule has 2 aromatic carbocycles. The summed E-state index contributed by atoms with van der Waals surface area (Å²) < 4.78 is 14.0. The van der Waals surface area contributed by atoms with Gasteiger partial charge in [-0.3, -0.25) is 5.84 Å². The molecule has 2 aromatic rings. The SMILES string of the molecule is Cc1cccc(C(NN)c2c(F)cccc2Cl)c1C. The number of nitrogens with one attached hydrogen (secondary N) is 1. The van der Waals surface area contributed by atoms with Crippen molar-refractivity contribution in [2.24, 2.45) is 5.84 Å². The Morgan fingerprint density at radius 3 is 2.47 bits per heavy atom. The zero-order valence-corrected chi connectivity index (χ0v) is 11.6. The summed E-state index contributed by atoms with van der Waals surface area (Å²) in [7, 11) is 0. The molecule has 3 N–H and O–H groups in total. The Morgan fingerprint density at radius 1 is 1.16 bits per heavy atom. The van der Waals surface area contributed by atoms with Crippen LogP contribution in [0.25, 0.3) is 0 Å². The second-order valence-electron chi connectivity index (χ2n) is 4.52. The lowest BCUT2D eigenvalue weighted by atomic mass is 9.93. The fourth-order valence-electron chi connectivity index (χ4n) is 2.20. The number of rotatable bonds is 3. The van der Waals surface area contributed by atoms with Crippen LogP contribution in [0, 0.1) is 19.7 Å². The van der Waals surface area contributed by atoms with Gasteiger partial charge in [0.25, 0.3) is 0 Å². The van der Waals surface area contributed by atoms with Gasteiger partial charge in [0, 0.05) is 10.6 Å². The zero-order valence-electron chi connectivity index (χ0n) is 10.9. The largest absolute Gasteiger partial charge is 0.271 e. The molecule has 0 saturated carbocycles. The number of hydrogen-bond acceptors (Lipinski definition) is 2. The van der Waals surface area contributed by atoms with Crippen LogP contribution in [0.15, 0.2) is 36.4 Å². The number of aryl methyl sites for hydroxylation is 1. The van der Waals surface area contributed by atoms with Crippen LogP contribution in [-0.2, 0) is 0 Å². The Balaban J connectivity index is 2.60. The number of hydrazine groups is 1. The minimum absolute atomic E-state index is 0.364. The molecule has 1 unspecified atom stereocenters. The third-order valence-electron chi connectivity index (χ3n) is 3.41. The zero-order chi connectivity index (χ0) is 14.0. The van der Waals surface area contributed by atoms with E-state index in [1.807, 2.05) is 32.0 Å². The van der Waals surface area contributed by atoms with Crippen LogP contribution >= 0.6 is 11.6 Å². The van der Waals surface area contributed by atoms with Crippen LogP contribution in [0.1, 0.15) is 28.3 Å². The highest BCUT2D eigenvalue weighted by atomic mass is 35.5. The van der Waals surface area contributed by atoms with Crippen molar-refractivity contribution in [2.75, 3.05) is 0 Å². The first-order valence-corrected chi connectivity index (χ1v) is 6.40. The Morgan fingerprint density at radius 2 is 1.84 bits per heavy atom. The van der Waals surface area contributed by atoms with Gasteiger partial charge >= 0.3 is 0 Å². The Bertz CT molecular complexity index is 578. The van der Waals surface area contributed by atoms with Crippen LogP contribution in [0.5, 0.6) is 0 Å². The van der Waals surface area contributed by atoms with E-state index in [4.69, 9.17) is 17.4 Å². The predicted octanol–water partition coefficient (Wildman–Crippen LogP) is 3.65. The highest BCUT2D eigenvalue weighted by Crippen LogP contribution is 2.32. The van der Waals surface area contributed by atoms with E-state index in [2.05, 4.69) is 5.43 Å². The highest BCUT2D eigenvalue weighted by Gasteiger charge is 2.21. The third kappa shape index (κ3) is 2.63. The van der Waals surface area contributed by atoms with Crippen molar-refractivity contribution < 1.29 is 4.39 Å². The monoisotopic (exact) mass is 278 g/mol. The van der Waals surface area contributed by atoms with E-state index in [0.717, 1.165) is 16.7 Å². The van der Waals surface area contributed by atoms with E-state index in [9.17, 15) is 4.39 Å². The first-order valence-electron chi connectivity index (χ1n) is 6.02. The first-order chi connectivity index (χ1) is 9.06. The molecular weight excluding hydrogens is 263 g/mol. The highest BCUT2D eigenvalue weighted by molar-refractivity contribution is 6.31. The molecule has 100 valence electrons. The molecule has 1 atom stereocenters. The second-order valence-corrected chi connectivity index (χ2v) is 4.93. The fraction of sp³-hybridized carbons (Fsp3) is 0.200. The fourth-order valence-corrected chi connectivity index (χ4v) is 2.47. The van der Waals surface area contributed by atoms with E-state index >= 15 is 0 Å². The van der Waals surface area contributed by atoms with Gasteiger partial charge in [0.15, 0.2) is 0 Å². The van der Waals surface area contributed by atoms with Crippen LogP contribution in [-0.4, -0.2) is 0 Å². The minimum Gasteiger partial charge on any atom is -0.271 e. The summed E-state index contributed by atoms with van der Waals surface area (Å²) in [5.41, 5.74) is 6.16. The average Bonchev–Trinajstić information content (AvgIpc) is 2.38. The molecule has 0 aliphatic carbocycles. The molecule has 19 heavy (non-hydrogen) atoms. The third-order valence-corrected chi connectivity index (χ3v) is 3.74. The predicted molar refractivity (Wildman–Crippen MR) is 76.5 cm³/mol. The van der Waals surface area contributed by atoms with Crippen LogP contribution < -0.4 is 11.3 Å². The minimum atomic E-state index is -0.464. The molecule has 0 aromatic heterocycles. The van der Waals surface area contributed by atoms with Crippen molar-refractivity contribution in [1.82, 2.24) is 5.43 Å². The molecule has 0 aliphatic heterocycles. The molecule has 0 bridgehead atoms. The average molecular weight is 279 g/mol. The molecule has 2 nitrogen and oxygen atoms in total. The smallest absolute Gasteiger partial charge is 0.129 e. The molecular formula is C15H16ClFN2. The number of halogens is 2. The quantitative estimate of drug-likeness (QED) is 0.664. The van der Waals surface area contributed by atoms with E-state index in [-0.39, 0.29) is 5.82 Å². The van der Waals surface area contributed by atoms with Crippen molar-refractivity contribution in [3.63, 3.8) is 0 Å². The summed E-state index contributed by atoms with van der Waals surface area (Å²) in [5.74, 6) is 5.25. The Labute approximate surface area is 117 Å². The number of hydrogen-bond donors (Lipinski definition) is 2. The van der Waals surface area contributed by atoms with Gasteiger partial charge in [0.1, 0.15) is 5.82 Å². The van der Waals surface area contributed by atoms with Crippen molar-refractivity contribution in [2.45, 2.75) is 19.9 Å². The van der Waals surface area contributed by atoms with Gasteiger partial charge in [-0.1, -0.05) is 35.9 Å². The molecule has 0 amide bonds. The summed E-state index contributed by atoms with van der Waals surface area (Å²) >= 11 is 6.11. The lowest BCUT2D eigenvalue weighted by molar-refractivity contribution is 0.559. The molecule has 2 rings (SSSR count). The normalized spacial score (nSPS) is 12.5. The van der Waals surface area contributed by atoms with E-state index in [1.165, 1.54) is 6.07 Å². The lowest BCUT2D eigenvalue weighted by Gasteiger charge is -2.21. The number of benzene rings is 2. The van der Waals surface area contributed by atoms with E-state index < -0.39 is 6.04 Å². The van der Waals surface area contributed by atoms with Crippen molar-refractivity contribution in [3.05, 3.63) is 69.5 Å². The van der Waals surface area contributed by atoms with Gasteiger partial charge in [0.05, 0.1) is 6.04 Å². The van der Waals surface area contributed by atoms with Crippen LogP contribution in [0.2, 0.25) is 5.02 Å². The summed E-state index contributed by atoms with van der Waals surface area (Å²) in [4.78, 5) is 0. The van der Waals surface area contributed by atoms with E-state index in [0.29, 0.717) is 10.6 Å². The Hall–Kier alpha value is -1.42. The maximum atomic E-state index is 14.0. The van der Waals surface area contributed by atoms with Crippen LogP contribution in [0.3, 0.4) is 0 Å². The van der Waals surface area contributed by atoms with Crippen molar-refractivity contribution in [1.29, 1.82) is 0 Å². The molecule has 4 heteroatoms. The summed E-state index contributed by atoms with van der Waals surface area (Å²) in [6.07, 6.45) is 0. The number of nitrogens with two attached hydrogens (primary N) is 1. The van der Waals surface area contributed by atoms with Gasteiger partial charge in [-0.15, -0.1) is 0 Å². The molecule has 0 aliphatic rings. The lowest BCUT2D eigenvalue weighted by Crippen LogP contribution is -2.30. The molecule has 0 spiro atoms. The first kappa shape index (κ1) is 14.0. The Kier molecular flexibility index (Phi) is 4.20. The maximum absolute atomic E-state index is 14.0. The standard InChI is InChI=1S/C15H16ClFN2/c1-9-5-3-6-11(10(9)2)15(19-18)14-12(16)7-4-8-13(14)17/h3-8,15,19H,18H2,1-2H3. The maximum Gasteiger partial charge on any atom is 0.129 e. The van der Waals surface area contributed by atoms with E-state index in [1.54, 1.807) is 12.1 Å².